The van der Waals surface area contributed by atoms with Gasteiger partial charge in [-0.05, 0) is 19.8 Å². The normalized spacial score (nSPS) is 10.0. The van der Waals surface area contributed by atoms with E-state index in [0.29, 0.717) is 0 Å². The van der Waals surface area contributed by atoms with Crippen molar-refractivity contribution >= 4 is 0 Å². The monoisotopic (exact) mass is 149 g/mol. The third-order valence-electron chi connectivity index (χ3n) is 1.61. The predicted octanol–water partition coefficient (Wildman–Crippen LogP) is 1.94. The molecular formula is C9H13N2. The lowest BCUT2D eigenvalue weighted by molar-refractivity contribution is 0.918. The molecule has 0 amide bonds. The van der Waals surface area contributed by atoms with Crippen LogP contribution in [0.4, 0.5) is 0 Å². The summed E-state index contributed by atoms with van der Waals surface area (Å²) < 4.78 is 0. The molecule has 1 radical (unpaired) electrons. The van der Waals surface area contributed by atoms with E-state index in [-0.39, 0.29) is 0 Å². The molecule has 0 N–H and O–H groups in total. The summed E-state index contributed by atoms with van der Waals surface area (Å²) in [4.78, 5) is 8.37. The number of aryl methyl sites for hydroxylation is 1. The summed E-state index contributed by atoms with van der Waals surface area (Å²) in [6, 6.07) is 0. The molecule has 1 heterocycles. The van der Waals surface area contributed by atoms with Crippen molar-refractivity contribution in [2.75, 3.05) is 0 Å². The Morgan fingerprint density at radius 3 is 2.73 bits per heavy atom. The van der Waals surface area contributed by atoms with Gasteiger partial charge in [0.05, 0.1) is 11.4 Å². The minimum atomic E-state index is 0.941. The summed E-state index contributed by atoms with van der Waals surface area (Å²) in [5, 5.41) is 0. The highest BCUT2D eigenvalue weighted by molar-refractivity contribution is 5.10. The van der Waals surface area contributed by atoms with Crippen LogP contribution in [0.15, 0.2) is 12.4 Å². The molecule has 2 heteroatoms. The van der Waals surface area contributed by atoms with Gasteiger partial charge in [0, 0.05) is 12.4 Å². The number of nitrogens with zero attached hydrogens (tertiary/aromatic N) is 2. The average Bonchev–Trinajstić information content (AvgIpc) is 2.03. The molecule has 1 aromatic heterocycles. The van der Waals surface area contributed by atoms with E-state index in [9.17, 15) is 0 Å². The molecule has 0 fully saturated rings. The Kier molecular flexibility index (Phi) is 3.02. The van der Waals surface area contributed by atoms with Gasteiger partial charge >= 0.3 is 0 Å². The maximum atomic E-state index is 4.22. The predicted molar refractivity (Wildman–Crippen MR) is 45.1 cm³/mol. The Morgan fingerprint density at radius 1 is 1.36 bits per heavy atom. The Balaban J connectivity index is 2.62. The molecule has 0 bridgehead atoms. The Morgan fingerprint density at radius 2 is 2.09 bits per heavy atom. The van der Waals surface area contributed by atoms with Crippen LogP contribution in [-0.2, 0) is 6.42 Å². The number of aromatic nitrogens is 2. The first-order valence-electron chi connectivity index (χ1n) is 3.92. The SMILES string of the molecule is CC[CH]Cc1nccnc1C. The molecule has 0 saturated carbocycles. The molecule has 0 spiro atoms. The van der Waals surface area contributed by atoms with Gasteiger partial charge in [-0.25, -0.2) is 0 Å². The summed E-state index contributed by atoms with van der Waals surface area (Å²) in [7, 11) is 0. The first-order valence-corrected chi connectivity index (χ1v) is 3.92. The number of unbranched alkanes of at least 4 members (excludes halogenated alkanes) is 1. The highest BCUT2D eigenvalue weighted by Crippen LogP contribution is 2.03. The average molecular weight is 149 g/mol. The van der Waals surface area contributed by atoms with E-state index < -0.39 is 0 Å². The first kappa shape index (κ1) is 8.18. The summed E-state index contributed by atoms with van der Waals surface area (Å²) in [6.45, 7) is 4.12. The zero-order chi connectivity index (χ0) is 8.10. The molecule has 0 saturated heterocycles. The van der Waals surface area contributed by atoms with Gasteiger partial charge in [0.2, 0.25) is 0 Å². The molecule has 0 aliphatic rings. The highest BCUT2D eigenvalue weighted by atomic mass is 14.8. The third kappa shape index (κ3) is 2.30. The van der Waals surface area contributed by atoms with Crippen LogP contribution in [-0.4, -0.2) is 9.97 Å². The quantitative estimate of drug-likeness (QED) is 0.656. The fourth-order valence-corrected chi connectivity index (χ4v) is 0.918. The fourth-order valence-electron chi connectivity index (χ4n) is 0.918. The lowest BCUT2D eigenvalue weighted by Gasteiger charge is -2.00. The van der Waals surface area contributed by atoms with Crippen LogP contribution in [0.3, 0.4) is 0 Å². The third-order valence-corrected chi connectivity index (χ3v) is 1.61. The second-order valence-corrected chi connectivity index (χ2v) is 2.49. The van der Waals surface area contributed by atoms with Crippen LogP contribution in [0.2, 0.25) is 0 Å². The minimum absolute atomic E-state index is 0.941. The molecule has 1 rings (SSSR count). The Labute approximate surface area is 67.7 Å². The molecule has 0 aromatic carbocycles. The van der Waals surface area contributed by atoms with Gasteiger partial charge < -0.3 is 0 Å². The summed E-state index contributed by atoms with van der Waals surface area (Å²) in [6.07, 6.45) is 7.71. The van der Waals surface area contributed by atoms with E-state index in [4.69, 9.17) is 0 Å². The summed E-state index contributed by atoms with van der Waals surface area (Å²) >= 11 is 0. The van der Waals surface area contributed by atoms with E-state index in [2.05, 4.69) is 23.3 Å². The van der Waals surface area contributed by atoms with Gasteiger partial charge in [-0.2, -0.15) is 0 Å². The van der Waals surface area contributed by atoms with Crippen LogP contribution in [0, 0.1) is 13.3 Å². The molecule has 11 heavy (non-hydrogen) atoms. The summed E-state index contributed by atoms with van der Waals surface area (Å²) in [5.41, 5.74) is 2.13. The zero-order valence-corrected chi connectivity index (χ0v) is 7.04. The topological polar surface area (TPSA) is 25.8 Å². The van der Waals surface area contributed by atoms with Crippen LogP contribution in [0.5, 0.6) is 0 Å². The van der Waals surface area contributed by atoms with Gasteiger partial charge in [0.25, 0.3) is 0 Å². The van der Waals surface area contributed by atoms with E-state index in [1.165, 1.54) is 0 Å². The molecule has 59 valence electrons. The van der Waals surface area contributed by atoms with Crippen molar-refractivity contribution in [2.45, 2.75) is 26.7 Å². The molecule has 0 aliphatic carbocycles. The van der Waals surface area contributed by atoms with Gasteiger partial charge in [0.1, 0.15) is 0 Å². The van der Waals surface area contributed by atoms with Gasteiger partial charge in [-0.15, -0.1) is 0 Å². The van der Waals surface area contributed by atoms with Crippen molar-refractivity contribution in [3.63, 3.8) is 0 Å². The summed E-state index contributed by atoms with van der Waals surface area (Å²) in [5.74, 6) is 0. The zero-order valence-electron chi connectivity index (χ0n) is 7.04. The van der Waals surface area contributed by atoms with Crippen molar-refractivity contribution in [3.8, 4) is 0 Å². The van der Waals surface area contributed by atoms with Crippen molar-refractivity contribution in [2.24, 2.45) is 0 Å². The van der Waals surface area contributed by atoms with Gasteiger partial charge in [-0.3, -0.25) is 9.97 Å². The van der Waals surface area contributed by atoms with Crippen molar-refractivity contribution in [3.05, 3.63) is 30.2 Å². The second-order valence-electron chi connectivity index (χ2n) is 2.49. The number of hydrogen-bond acceptors (Lipinski definition) is 2. The lowest BCUT2D eigenvalue weighted by atomic mass is 10.2. The molecular weight excluding hydrogens is 136 g/mol. The number of hydrogen-bond donors (Lipinski definition) is 0. The largest absolute Gasteiger partial charge is 0.258 e. The maximum absolute atomic E-state index is 4.22. The Hall–Kier alpha value is -0.920. The van der Waals surface area contributed by atoms with E-state index in [0.717, 1.165) is 24.2 Å². The molecule has 2 nitrogen and oxygen atoms in total. The van der Waals surface area contributed by atoms with Gasteiger partial charge in [0.15, 0.2) is 0 Å². The molecule has 0 aliphatic heterocycles. The minimum Gasteiger partial charge on any atom is -0.258 e. The smallest absolute Gasteiger partial charge is 0.0618 e. The van der Waals surface area contributed by atoms with Crippen LogP contribution in [0.25, 0.3) is 0 Å². The highest BCUT2D eigenvalue weighted by Gasteiger charge is 1.97. The molecule has 0 unspecified atom stereocenters. The first-order chi connectivity index (χ1) is 5.34. The van der Waals surface area contributed by atoms with E-state index in [1.807, 2.05) is 6.92 Å². The second kappa shape index (κ2) is 4.06. The van der Waals surface area contributed by atoms with E-state index >= 15 is 0 Å². The molecule has 0 atom stereocenters. The number of rotatable bonds is 3. The standard InChI is InChI=1S/C9H13N2/c1-3-4-5-9-8(2)10-6-7-11-9/h4,6-7H,3,5H2,1-2H3. The fraction of sp³-hybridized carbons (Fsp3) is 0.444. The van der Waals surface area contributed by atoms with Crippen molar-refractivity contribution in [1.29, 1.82) is 0 Å². The lowest BCUT2D eigenvalue weighted by Crippen LogP contribution is -1.95. The van der Waals surface area contributed by atoms with E-state index in [1.54, 1.807) is 12.4 Å². The van der Waals surface area contributed by atoms with Crippen LogP contribution >= 0.6 is 0 Å². The van der Waals surface area contributed by atoms with Crippen LogP contribution in [0.1, 0.15) is 24.7 Å². The van der Waals surface area contributed by atoms with Crippen molar-refractivity contribution < 1.29 is 0 Å². The van der Waals surface area contributed by atoms with Crippen LogP contribution < -0.4 is 0 Å². The Bertz CT molecular complexity index is 221. The van der Waals surface area contributed by atoms with Crippen molar-refractivity contribution in [1.82, 2.24) is 9.97 Å². The van der Waals surface area contributed by atoms with Gasteiger partial charge in [-0.1, -0.05) is 13.3 Å². The maximum Gasteiger partial charge on any atom is 0.0618 e. The molecule has 1 aromatic rings.